The Kier molecular flexibility index (Phi) is 6.97. The van der Waals surface area contributed by atoms with E-state index in [0.717, 1.165) is 25.2 Å². The van der Waals surface area contributed by atoms with Gasteiger partial charge in [0.15, 0.2) is 0 Å². The van der Waals surface area contributed by atoms with Gasteiger partial charge in [-0.2, -0.15) is 0 Å². The molecule has 0 saturated heterocycles. The molecule has 0 saturated carbocycles. The number of methoxy groups -OCH3 is 1. The van der Waals surface area contributed by atoms with Gasteiger partial charge in [0.2, 0.25) is 5.82 Å². The van der Waals surface area contributed by atoms with Crippen LogP contribution in [0.4, 0.5) is 0 Å². The largest absolute Gasteiger partial charge is 0.383 e. The van der Waals surface area contributed by atoms with Gasteiger partial charge in [0.25, 0.3) is 5.91 Å². The van der Waals surface area contributed by atoms with Crippen LogP contribution in [-0.4, -0.2) is 54.4 Å². The van der Waals surface area contributed by atoms with Gasteiger partial charge >= 0.3 is 0 Å². The van der Waals surface area contributed by atoms with E-state index < -0.39 is 0 Å². The Labute approximate surface area is 107 Å². The minimum atomic E-state index is -0.248. The molecule has 0 radical (unpaired) electrons. The summed E-state index contributed by atoms with van der Waals surface area (Å²) in [4.78, 5) is 15.8. The van der Waals surface area contributed by atoms with Gasteiger partial charge in [-0.05, 0) is 6.42 Å². The summed E-state index contributed by atoms with van der Waals surface area (Å²) in [5.74, 6) is 0.707. The van der Waals surface area contributed by atoms with Crippen molar-refractivity contribution in [3.05, 3.63) is 11.6 Å². The van der Waals surface area contributed by atoms with Gasteiger partial charge in [0.05, 0.1) is 6.61 Å². The first-order valence-corrected chi connectivity index (χ1v) is 6.17. The summed E-state index contributed by atoms with van der Waals surface area (Å²) in [6, 6.07) is 0. The van der Waals surface area contributed by atoms with Gasteiger partial charge in [0, 0.05) is 33.2 Å². The molecule has 3 N–H and O–H groups in total. The Balaban J connectivity index is 2.19. The molecule has 18 heavy (non-hydrogen) atoms. The molecule has 1 amide bonds. The van der Waals surface area contributed by atoms with Crippen LogP contribution >= 0.6 is 0 Å². The summed E-state index contributed by atoms with van der Waals surface area (Å²) in [5, 5.41) is 12.5. The zero-order valence-corrected chi connectivity index (χ0v) is 11.0. The van der Waals surface area contributed by atoms with Crippen molar-refractivity contribution in [1.82, 2.24) is 25.8 Å². The lowest BCUT2D eigenvalue weighted by Crippen LogP contribution is -2.33. The lowest BCUT2D eigenvalue weighted by molar-refractivity contribution is 0.0943. The maximum Gasteiger partial charge on any atom is 0.291 e. The third-order valence-electron chi connectivity index (χ3n) is 2.29. The molecule has 0 aromatic carbocycles. The van der Waals surface area contributed by atoms with Gasteiger partial charge in [-0.25, -0.2) is 4.98 Å². The first-order valence-electron chi connectivity index (χ1n) is 6.17. The number of ether oxygens (including phenoxy) is 1. The summed E-state index contributed by atoms with van der Waals surface area (Å²) in [5.41, 5.74) is 0. The van der Waals surface area contributed by atoms with Gasteiger partial charge < -0.3 is 15.4 Å². The first-order chi connectivity index (χ1) is 8.77. The lowest BCUT2D eigenvalue weighted by Gasteiger charge is -2.04. The second-order valence-electron chi connectivity index (χ2n) is 3.85. The number of carbonyl (C=O) groups excluding carboxylic acids is 1. The predicted molar refractivity (Wildman–Crippen MR) is 67.5 cm³/mol. The molecule has 1 heterocycles. The summed E-state index contributed by atoms with van der Waals surface area (Å²) >= 11 is 0. The normalized spacial score (nSPS) is 10.6. The van der Waals surface area contributed by atoms with Crippen molar-refractivity contribution in [3.8, 4) is 0 Å². The molecule has 0 unspecified atom stereocenters. The Hall–Kier alpha value is -1.47. The van der Waals surface area contributed by atoms with Gasteiger partial charge in [-0.1, -0.05) is 6.92 Å². The molecule has 0 aliphatic rings. The van der Waals surface area contributed by atoms with E-state index in [9.17, 15) is 4.79 Å². The highest BCUT2D eigenvalue weighted by atomic mass is 16.5. The van der Waals surface area contributed by atoms with E-state index >= 15 is 0 Å². The maximum atomic E-state index is 11.6. The van der Waals surface area contributed by atoms with Crippen molar-refractivity contribution in [2.24, 2.45) is 0 Å². The Morgan fingerprint density at radius 3 is 2.94 bits per heavy atom. The van der Waals surface area contributed by atoms with Crippen LogP contribution in [0.5, 0.6) is 0 Å². The fourth-order valence-electron chi connectivity index (χ4n) is 1.39. The number of nitrogens with zero attached hydrogens (tertiary/aromatic N) is 2. The second kappa shape index (κ2) is 8.60. The molecule has 0 aliphatic carbocycles. The number of hydrogen-bond donors (Lipinski definition) is 3. The second-order valence-corrected chi connectivity index (χ2v) is 3.85. The highest BCUT2D eigenvalue weighted by molar-refractivity contribution is 5.90. The standard InChI is InChI=1S/C11H21N5O2/c1-3-4-9-14-10(16-15-9)11(17)13-6-5-12-7-8-18-2/h12H,3-8H2,1-2H3,(H,13,17)(H,14,15,16). The third kappa shape index (κ3) is 5.24. The predicted octanol–water partition coefficient (Wildman–Crippen LogP) is -0.277. The molecular weight excluding hydrogens is 234 g/mol. The average Bonchev–Trinajstić information content (AvgIpc) is 2.82. The van der Waals surface area contributed by atoms with Crippen molar-refractivity contribution >= 4 is 5.91 Å². The number of rotatable bonds is 9. The number of amides is 1. The molecule has 0 atom stereocenters. The Morgan fingerprint density at radius 1 is 1.39 bits per heavy atom. The van der Waals surface area contributed by atoms with Crippen molar-refractivity contribution in [2.45, 2.75) is 19.8 Å². The van der Waals surface area contributed by atoms with Gasteiger partial charge in [-0.15, -0.1) is 5.10 Å². The third-order valence-corrected chi connectivity index (χ3v) is 2.29. The van der Waals surface area contributed by atoms with Crippen molar-refractivity contribution in [1.29, 1.82) is 0 Å². The van der Waals surface area contributed by atoms with E-state index in [2.05, 4.69) is 25.8 Å². The molecule has 1 aromatic rings. The van der Waals surface area contributed by atoms with Crippen LogP contribution in [0.25, 0.3) is 0 Å². The molecule has 7 nitrogen and oxygen atoms in total. The van der Waals surface area contributed by atoms with Crippen LogP contribution in [0.15, 0.2) is 0 Å². The van der Waals surface area contributed by atoms with Gasteiger partial charge in [-0.3, -0.25) is 9.89 Å². The van der Waals surface area contributed by atoms with Crippen LogP contribution in [0, 0.1) is 0 Å². The summed E-state index contributed by atoms with van der Waals surface area (Å²) in [6.45, 7) is 4.72. The molecule has 102 valence electrons. The number of H-pyrrole nitrogens is 1. The van der Waals surface area contributed by atoms with Crippen LogP contribution in [-0.2, 0) is 11.2 Å². The van der Waals surface area contributed by atoms with Crippen LogP contribution in [0.3, 0.4) is 0 Å². The van der Waals surface area contributed by atoms with Crippen molar-refractivity contribution < 1.29 is 9.53 Å². The fraction of sp³-hybridized carbons (Fsp3) is 0.727. The summed E-state index contributed by atoms with van der Waals surface area (Å²) < 4.78 is 4.89. The smallest absolute Gasteiger partial charge is 0.291 e. The van der Waals surface area contributed by atoms with E-state index in [1.54, 1.807) is 7.11 Å². The highest BCUT2D eigenvalue weighted by Crippen LogP contribution is 1.96. The number of aromatic amines is 1. The zero-order valence-electron chi connectivity index (χ0n) is 11.0. The molecule has 1 aromatic heterocycles. The zero-order chi connectivity index (χ0) is 13.2. The number of hydrogen-bond acceptors (Lipinski definition) is 5. The van der Waals surface area contributed by atoms with Crippen LogP contribution < -0.4 is 10.6 Å². The summed E-state index contributed by atoms with van der Waals surface area (Å²) in [7, 11) is 1.65. The molecule has 7 heteroatoms. The minimum Gasteiger partial charge on any atom is -0.383 e. The topological polar surface area (TPSA) is 91.9 Å². The van der Waals surface area contributed by atoms with Crippen LogP contribution in [0.1, 0.15) is 29.8 Å². The molecule has 0 aliphatic heterocycles. The number of aromatic nitrogens is 3. The molecule has 1 rings (SSSR count). The first kappa shape index (κ1) is 14.6. The molecule has 0 fully saturated rings. The van der Waals surface area contributed by atoms with Crippen molar-refractivity contribution in [2.75, 3.05) is 33.4 Å². The van der Waals surface area contributed by atoms with Crippen LogP contribution in [0.2, 0.25) is 0 Å². The summed E-state index contributed by atoms with van der Waals surface area (Å²) in [6.07, 6.45) is 1.78. The van der Waals surface area contributed by atoms with E-state index in [1.165, 1.54) is 0 Å². The number of carbonyl (C=O) groups is 1. The fourth-order valence-corrected chi connectivity index (χ4v) is 1.39. The minimum absolute atomic E-state index is 0.204. The van der Waals surface area contributed by atoms with E-state index in [-0.39, 0.29) is 11.7 Å². The maximum absolute atomic E-state index is 11.6. The highest BCUT2D eigenvalue weighted by Gasteiger charge is 2.10. The molecular formula is C11H21N5O2. The number of nitrogens with one attached hydrogen (secondary N) is 3. The van der Waals surface area contributed by atoms with E-state index in [1.807, 2.05) is 6.92 Å². The Bertz CT molecular complexity index is 353. The Morgan fingerprint density at radius 2 is 2.22 bits per heavy atom. The molecule has 0 spiro atoms. The van der Waals surface area contributed by atoms with Gasteiger partial charge in [0.1, 0.15) is 5.82 Å². The number of aryl methyl sites for hydroxylation is 1. The monoisotopic (exact) mass is 255 g/mol. The average molecular weight is 255 g/mol. The van der Waals surface area contributed by atoms with E-state index in [0.29, 0.717) is 19.7 Å². The quantitative estimate of drug-likeness (QED) is 0.528. The SMILES string of the molecule is CCCc1nc(C(=O)NCCNCCOC)n[nH]1. The van der Waals surface area contributed by atoms with Crippen molar-refractivity contribution in [3.63, 3.8) is 0 Å². The lowest BCUT2D eigenvalue weighted by atomic mass is 10.3. The molecule has 0 bridgehead atoms. The van der Waals surface area contributed by atoms with E-state index in [4.69, 9.17) is 4.74 Å².